The molecule has 0 fully saturated rings. The van der Waals surface area contributed by atoms with E-state index in [0.717, 1.165) is 11.6 Å². The molecule has 0 radical (unpaired) electrons. The molecule has 0 aliphatic rings. The van der Waals surface area contributed by atoms with Crippen molar-refractivity contribution in [2.75, 3.05) is 7.11 Å². The molecule has 136 valence electrons. The Kier molecular flexibility index (Phi) is 3.84. The molecule has 0 saturated heterocycles. The minimum atomic E-state index is -1.14. The van der Waals surface area contributed by atoms with Crippen molar-refractivity contribution >= 4 is 11.6 Å². The number of benzene rings is 1. The zero-order valence-corrected chi connectivity index (χ0v) is 14.4. The van der Waals surface area contributed by atoms with Crippen LogP contribution in [0.25, 0.3) is 28.0 Å². The first-order valence-electron chi connectivity index (χ1n) is 7.93. The average Bonchev–Trinajstić information content (AvgIpc) is 3.26. The van der Waals surface area contributed by atoms with Crippen molar-refractivity contribution in [1.29, 1.82) is 0 Å². The molecule has 0 aliphatic heterocycles. The molecule has 8 nitrogen and oxygen atoms in total. The normalized spacial score (nSPS) is 11.1. The lowest BCUT2D eigenvalue weighted by Gasteiger charge is -2.09. The number of carboxylic acid groups (broad SMARTS) is 1. The van der Waals surface area contributed by atoms with Crippen LogP contribution in [0.2, 0.25) is 0 Å². The van der Waals surface area contributed by atoms with E-state index < -0.39 is 11.8 Å². The summed E-state index contributed by atoms with van der Waals surface area (Å²) in [7, 11) is 3.28. The topological polar surface area (TPSA) is 94.5 Å². The summed E-state index contributed by atoms with van der Waals surface area (Å²) in [5.74, 6) is -1.40. The van der Waals surface area contributed by atoms with Crippen LogP contribution in [0, 0.1) is 5.82 Å². The average molecular weight is 367 g/mol. The zero-order chi connectivity index (χ0) is 19.1. The molecule has 0 unspecified atom stereocenters. The van der Waals surface area contributed by atoms with E-state index in [1.807, 2.05) is 6.20 Å². The molecule has 4 rings (SSSR count). The van der Waals surface area contributed by atoms with Crippen LogP contribution in [0.5, 0.6) is 5.88 Å². The van der Waals surface area contributed by atoms with Gasteiger partial charge >= 0.3 is 5.97 Å². The Morgan fingerprint density at radius 1 is 1.22 bits per heavy atom. The fourth-order valence-corrected chi connectivity index (χ4v) is 2.86. The fraction of sp³-hybridized carbons (Fsp3) is 0.111. The first-order valence-corrected chi connectivity index (χ1v) is 7.93. The number of aromatic nitrogens is 5. The Hall–Kier alpha value is -3.75. The second-order valence-electron chi connectivity index (χ2n) is 5.88. The van der Waals surface area contributed by atoms with Crippen LogP contribution in [-0.4, -0.2) is 42.6 Å². The third-order valence-electron chi connectivity index (χ3n) is 4.16. The van der Waals surface area contributed by atoms with Gasteiger partial charge in [-0.2, -0.15) is 5.10 Å². The third-order valence-corrected chi connectivity index (χ3v) is 4.16. The van der Waals surface area contributed by atoms with Crippen LogP contribution >= 0.6 is 0 Å². The van der Waals surface area contributed by atoms with Gasteiger partial charge in [-0.1, -0.05) is 0 Å². The Balaban J connectivity index is 1.92. The lowest BCUT2D eigenvalue weighted by molar-refractivity contribution is 0.0697. The summed E-state index contributed by atoms with van der Waals surface area (Å²) in [5.41, 5.74) is 2.33. The highest BCUT2D eigenvalue weighted by molar-refractivity contribution is 5.89. The van der Waals surface area contributed by atoms with E-state index in [1.54, 1.807) is 24.0 Å². The summed E-state index contributed by atoms with van der Waals surface area (Å²) >= 11 is 0. The summed E-state index contributed by atoms with van der Waals surface area (Å²) in [5, 5.41) is 17.7. The van der Waals surface area contributed by atoms with Crippen LogP contribution in [-0.2, 0) is 7.05 Å². The van der Waals surface area contributed by atoms with Gasteiger partial charge < -0.3 is 9.84 Å². The molecule has 4 aromatic rings. The van der Waals surface area contributed by atoms with Gasteiger partial charge in [0, 0.05) is 24.4 Å². The van der Waals surface area contributed by atoms with E-state index in [2.05, 4.69) is 15.2 Å². The highest BCUT2D eigenvalue weighted by Crippen LogP contribution is 2.31. The smallest absolute Gasteiger partial charge is 0.335 e. The number of ether oxygens (including phenoxy) is 1. The third kappa shape index (κ3) is 2.78. The molecule has 3 heterocycles. The number of fused-ring (bicyclic) bond motifs is 1. The van der Waals surface area contributed by atoms with Crippen LogP contribution in [0.1, 0.15) is 10.4 Å². The van der Waals surface area contributed by atoms with Crippen molar-refractivity contribution in [3.63, 3.8) is 0 Å². The minimum Gasteiger partial charge on any atom is -0.480 e. The molecule has 3 aromatic heterocycles. The number of halogens is 1. The number of hydrogen-bond donors (Lipinski definition) is 1. The van der Waals surface area contributed by atoms with Gasteiger partial charge in [-0.25, -0.2) is 18.7 Å². The monoisotopic (exact) mass is 367 g/mol. The molecule has 0 saturated carbocycles. The van der Waals surface area contributed by atoms with Gasteiger partial charge in [0.2, 0.25) is 5.88 Å². The molecule has 9 heteroatoms. The maximum Gasteiger partial charge on any atom is 0.335 e. The van der Waals surface area contributed by atoms with Crippen molar-refractivity contribution in [1.82, 2.24) is 24.4 Å². The zero-order valence-electron chi connectivity index (χ0n) is 14.4. The summed E-state index contributed by atoms with van der Waals surface area (Å²) in [6.07, 6.45) is 4.94. The predicted octanol–water partition coefficient (Wildman–Crippen LogP) is 2.64. The summed E-state index contributed by atoms with van der Waals surface area (Å²) in [6, 6.07) is 5.33. The number of carbonyl (C=O) groups is 1. The minimum absolute atomic E-state index is 0.0275. The van der Waals surface area contributed by atoms with Crippen molar-refractivity contribution < 1.29 is 19.0 Å². The van der Waals surface area contributed by atoms with Gasteiger partial charge in [0.15, 0.2) is 5.65 Å². The number of carboxylic acids is 1. The van der Waals surface area contributed by atoms with Crippen LogP contribution in [0.3, 0.4) is 0 Å². The van der Waals surface area contributed by atoms with Gasteiger partial charge in [-0.05, 0) is 24.3 Å². The molecule has 27 heavy (non-hydrogen) atoms. The Labute approximate surface area is 152 Å². The van der Waals surface area contributed by atoms with Crippen molar-refractivity contribution in [3.8, 4) is 28.3 Å². The Morgan fingerprint density at radius 2 is 2.04 bits per heavy atom. The van der Waals surface area contributed by atoms with Crippen LogP contribution in [0.15, 0.2) is 42.9 Å². The second kappa shape index (κ2) is 6.20. The molecule has 0 aliphatic carbocycles. The summed E-state index contributed by atoms with van der Waals surface area (Å²) in [6.45, 7) is 0. The number of aryl methyl sites for hydroxylation is 1. The molecule has 0 amide bonds. The van der Waals surface area contributed by atoms with E-state index in [9.17, 15) is 9.18 Å². The second-order valence-corrected chi connectivity index (χ2v) is 5.88. The number of nitrogens with zero attached hydrogens (tertiary/aromatic N) is 5. The summed E-state index contributed by atoms with van der Waals surface area (Å²) < 4.78 is 22.8. The van der Waals surface area contributed by atoms with E-state index in [1.165, 1.54) is 30.0 Å². The molecular formula is C18H14FN5O3. The highest BCUT2D eigenvalue weighted by Gasteiger charge is 2.18. The fourth-order valence-electron chi connectivity index (χ4n) is 2.86. The van der Waals surface area contributed by atoms with Gasteiger partial charge in [-0.3, -0.25) is 4.68 Å². The summed E-state index contributed by atoms with van der Waals surface area (Å²) in [4.78, 5) is 15.5. The first-order chi connectivity index (χ1) is 13.0. The SMILES string of the molecule is COc1nn2c(-c3cc(C(=O)O)ccc3F)cnc2cc1-c1cnn(C)c1. The molecule has 0 atom stereocenters. The number of imidazole rings is 1. The van der Waals surface area contributed by atoms with Gasteiger partial charge in [0.1, 0.15) is 5.82 Å². The van der Waals surface area contributed by atoms with Crippen molar-refractivity contribution in [2.45, 2.75) is 0 Å². The lowest BCUT2D eigenvalue weighted by atomic mass is 10.1. The molecular weight excluding hydrogens is 353 g/mol. The highest BCUT2D eigenvalue weighted by atomic mass is 19.1. The lowest BCUT2D eigenvalue weighted by Crippen LogP contribution is -2.02. The van der Waals surface area contributed by atoms with Crippen molar-refractivity contribution in [3.05, 3.63) is 54.2 Å². The van der Waals surface area contributed by atoms with Gasteiger partial charge in [-0.15, -0.1) is 5.10 Å². The number of hydrogen-bond acceptors (Lipinski definition) is 5. The van der Waals surface area contributed by atoms with Gasteiger partial charge in [0.05, 0.1) is 36.3 Å². The van der Waals surface area contributed by atoms with Gasteiger partial charge in [0.25, 0.3) is 0 Å². The largest absolute Gasteiger partial charge is 0.480 e. The van der Waals surface area contributed by atoms with E-state index >= 15 is 0 Å². The standard InChI is InChI=1S/C18H14FN5O3/c1-23-9-11(7-21-23)12-6-16-20-8-15(24(16)22-17(12)27-2)13-5-10(18(25)26)3-4-14(13)19/h3-9H,1-2H3,(H,25,26). The number of rotatable bonds is 4. The Bertz CT molecular complexity index is 1180. The molecule has 1 aromatic carbocycles. The predicted molar refractivity (Wildman–Crippen MR) is 94.1 cm³/mol. The maximum atomic E-state index is 14.3. The number of aromatic carboxylic acids is 1. The van der Waals surface area contributed by atoms with E-state index in [-0.39, 0.29) is 11.1 Å². The van der Waals surface area contributed by atoms with Crippen molar-refractivity contribution in [2.24, 2.45) is 7.05 Å². The van der Waals surface area contributed by atoms with Crippen LogP contribution < -0.4 is 4.74 Å². The first kappa shape index (κ1) is 16.7. The Morgan fingerprint density at radius 3 is 2.70 bits per heavy atom. The quantitative estimate of drug-likeness (QED) is 0.596. The van der Waals surface area contributed by atoms with Crippen LogP contribution in [0.4, 0.5) is 4.39 Å². The number of methoxy groups -OCH3 is 1. The van der Waals surface area contributed by atoms with E-state index in [0.29, 0.717) is 22.8 Å². The maximum absolute atomic E-state index is 14.3. The molecule has 0 bridgehead atoms. The van der Waals surface area contributed by atoms with E-state index in [4.69, 9.17) is 9.84 Å². The molecule has 0 spiro atoms. The molecule has 1 N–H and O–H groups in total.